The zero-order chi connectivity index (χ0) is 12.7. The summed E-state index contributed by atoms with van der Waals surface area (Å²) in [5.74, 6) is 0.940. The maximum Gasteiger partial charge on any atom is 0.122 e. The van der Waals surface area contributed by atoms with Crippen LogP contribution in [0.4, 0.5) is 0 Å². The molecule has 0 amide bonds. The SMILES string of the molecule is COc1ccccc1CCNCC(C)(C)CO. The van der Waals surface area contributed by atoms with E-state index in [0.717, 1.165) is 25.3 Å². The van der Waals surface area contributed by atoms with Crippen molar-refractivity contribution in [1.29, 1.82) is 0 Å². The minimum Gasteiger partial charge on any atom is -0.496 e. The van der Waals surface area contributed by atoms with Gasteiger partial charge in [-0.3, -0.25) is 0 Å². The molecule has 0 atom stereocenters. The van der Waals surface area contributed by atoms with Gasteiger partial charge < -0.3 is 15.2 Å². The molecule has 0 spiro atoms. The van der Waals surface area contributed by atoms with E-state index in [2.05, 4.69) is 11.4 Å². The van der Waals surface area contributed by atoms with Crippen LogP contribution in [0, 0.1) is 5.41 Å². The second-order valence-corrected chi connectivity index (χ2v) is 5.06. The number of hydrogen-bond acceptors (Lipinski definition) is 3. The largest absolute Gasteiger partial charge is 0.496 e. The van der Waals surface area contributed by atoms with E-state index in [1.807, 2.05) is 32.0 Å². The van der Waals surface area contributed by atoms with Crippen LogP contribution in [0.1, 0.15) is 19.4 Å². The van der Waals surface area contributed by atoms with Crippen LogP contribution >= 0.6 is 0 Å². The second-order valence-electron chi connectivity index (χ2n) is 5.06. The summed E-state index contributed by atoms with van der Waals surface area (Å²) in [7, 11) is 1.70. The van der Waals surface area contributed by atoms with Gasteiger partial charge in [0.05, 0.1) is 7.11 Å². The van der Waals surface area contributed by atoms with E-state index < -0.39 is 0 Å². The van der Waals surface area contributed by atoms with E-state index in [9.17, 15) is 0 Å². The molecule has 3 heteroatoms. The van der Waals surface area contributed by atoms with Gasteiger partial charge >= 0.3 is 0 Å². The summed E-state index contributed by atoms with van der Waals surface area (Å²) >= 11 is 0. The Balaban J connectivity index is 2.36. The van der Waals surface area contributed by atoms with E-state index in [1.165, 1.54) is 5.56 Å². The number of rotatable bonds is 7. The van der Waals surface area contributed by atoms with Gasteiger partial charge in [0.1, 0.15) is 5.75 Å². The van der Waals surface area contributed by atoms with Crippen LogP contribution in [0.3, 0.4) is 0 Å². The first kappa shape index (κ1) is 14.0. The van der Waals surface area contributed by atoms with Crippen LogP contribution in [-0.4, -0.2) is 31.9 Å². The summed E-state index contributed by atoms with van der Waals surface area (Å²) in [5.41, 5.74) is 1.16. The predicted octanol–water partition coefficient (Wildman–Crippen LogP) is 1.85. The van der Waals surface area contributed by atoms with Gasteiger partial charge in [0.15, 0.2) is 0 Å². The number of para-hydroxylation sites is 1. The summed E-state index contributed by atoms with van der Waals surface area (Å²) in [5, 5.41) is 12.5. The minimum atomic E-state index is -0.0548. The molecular formula is C14H23NO2. The van der Waals surface area contributed by atoms with Gasteiger partial charge in [-0.05, 0) is 24.6 Å². The predicted molar refractivity (Wildman–Crippen MR) is 70.4 cm³/mol. The van der Waals surface area contributed by atoms with Crippen LogP contribution in [0.2, 0.25) is 0 Å². The monoisotopic (exact) mass is 237 g/mol. The van der Waals surface area contributed by atoms with Gasteiger partial charge in [-0.1, -0.05) is 32.0 Å². The van der Waals surface area contributed by atoms with E-state index >= 15 is 0 Å². The summed E-state index contributed by atoms with van der Waals surface area (Å²) < 4.78 is 5.30. The Kier molecular flexibility index (Phi) is 5.45. The van der Waals surface area contributed by atoms with Gasteiger partial charge in [0.2, 0.25) is 0 Å². The van der Waals surface area contributed by atoms with Gasteiger partial charge in [-0.2, -0.15) is 0 Å². The number of aliphatic hydroxyl groups excluding tert-OH is 1. The molecule has 96 valence electrons. The Bertz CT molecular complexity index is 337. The molecule has 0 fully saturated rings. The minimum absolute atomic E-state index is 0.0548. The third-order valence-electron chi connectivity index (χ3n) is 2.80. The second kappa shape index (κ2) is 6.62. The standard InChI is InChI=1S/C14H23NO2/c1-14(2,11-16)10-15-9-8-12-6-4-5-7-13(12)17-3/h4-7,15-16H,8-11H2,1-3H3. The summed E-state index contributed by atoms with van der Waals surface area (Å²) in [6, 6.07) is 8.06. The highest BCUT2D eigenvalue weighted by atomic mass is 16.5. The molecule has 17 heavy (non-hydrogen) atoms. The summed E-state index contributed by atoms with van der Waals surface area (Å²) in [4.78, 5) is 0. The molecule has 1 rings (SSSR count). The number of hydrogen-bond donors (Lipinski definition) is 2. The highest BCUT2D eigenvalue weighted by molar-refractivity contribution is 5.33. The third-order valence-corrected chi connectivity index (χ3v) is 2.80. The lowest BCUT2D eigenvalue weighted by atomic mass is 9.95. The van der Waals surface area contributed by atoms with Crippen LogP contribution in [0.15, 0.2) is 24.3 Å². The van der Waals surface area contributed by atoms with Crippen molar-refractivity contribution in [3.8, 4) is 5.75 Å². The highest BCUT2D eigenvalue weighted by Gasteiger charge is 2.15. The topological polar surface area (TPSA) is 41.5 Å². The van der Waals surface area contributed by atoms with Crippen LogP contribution in [0.5, 0.6) is 5.75 Å². The molecule has 3 nitrogen and oxygen atoms in total. The molecule has 0 aliphatic rings. The van der Waals surface area contributed by atoms with Gasteiger partial charge in [-0.25, -0.2) is 0 Å². The average Bonchev–Trinajstić information content (AvgIpc) is 2.35. The molecule has 0 aliphatic heterocycles. The Morgan fingerprint density at radius 3 is 2.65 bits per heavy atom. The Labute approximate surface area is 104 Å². The molecule has 0 heterocycles. The lowest BCUT2D eigenvalue weighted by molar-refractivity contribution is 0.157. The van der Waals surface area contributed by atoms with Crippen molar-refractivity contribution < 1.29 is 9.84 Å². The Morgan fingerprint density at radius 1 is 1.29 bits per heavy atom. The molecule has 0 bridgehead atoms. The molecule has 1 aromatic carbocycles. The van der Waals surface area contributed by atoms with Crippen molar-refractivity contribution in [3.05, 3.63) is 29.8 Å². The molecule has 0 radical (unpaired) electrons. The van der Waals surface area contributed by atoms with Crippen LogP contribution in [-0.2, 0) is 6.42 Å². The van der Waals surface area contributed by atoms with Crippen molar-refractivity contribution in [2.75, 3.05) is 26.8 Å². The number of aliphatic hydroxyl groups is 1. The lowest BCUT2D eigenvalue weighted by Gasteiger charge is -2.22. The zero-order valence-corrected chi connectivity index (χ0v) is 11.0. The first-order valence-electron chi connectivity index (χ1n) is 6.02. The highest BCUT2D eigenvalue weighted by Crippen LogP contribution is 2.17. The van der Waals surface area contributed by atoms with E-state index in [1.54, 1.807) is 7.11 Å². The van der Waals surface area contributed by atoms with Crippen molar-refractivity contribution >= 4 is 0 Å². The fourth-order valence-electron chi connectivity index (χ4n) is 1.62. The van der Waals surface area contributed by atoms with E-state index in [4.69, 9.17) is 9.84 Å². The lowest BCUT2D eigenvalue weighted by Crippen LogP contribution is -2.33. The van der Waals surface area contributed by atoms with Crippen molar-refractivity contribution in [2.24, 2.45) is 5.41 Å². The average molecular weight is 237 g/mol. The molecule has 0 saturated carbocycles. The normalized spacial score (nSPS) is 11.5. The maximum absolute atomic E-state index is 9.13. The number of nitrogens with one attached hydrogen (secondary N) is 1. The van der Waals surface area contributed by atoms with E-state index in [-0.39, 0.29) is 12.0 Å². The van der Waals surface area contributed by atoms with Crippen LogP contribution in [0.25, 0.3) is 0 Å². The van der Waals surface area contributed by atoms with Gasteiger partial charge in [0, 0.05) is 18.6 Å². The summed E-state index contributed by atoms with van der Waals surface area (Å²) in [6.45, 7) is 6.00. The molecule has 0 aliphatic carbocycles. The summed E-state index contributed by atoms with van der Waals surface area (Å²) in [6.07, 6.45) is 0.936. The number of methoxy groups -OCH3 is 1. The molecular weight excluding hydrogens is 214 g/mol. The number of ether oxygens (including phenoxy) is 1. The van der Waals surface area contributed by atoms with Gasteiger partial charge in [-0.15, -0.1) is 0 Å². The fraction of sp³-hybridized carbons (Fsp3) is 0.571. The molecule has 1 aromatic rings. The van der Waals surface area contributed by atoms with E-state index in [0.29, 0.717) is 0 Å². The fourth-order valence-corrected chi connectivity index (χ4v) is 1.62. The molecule has 0 aromatic heterocycles. The van der Waals surface area contributed by atoms with Crippen molar-refractivity contribution in [3.63, 3.8) is 0 Å². The zero-order valence-electron chi connectivity index (χ0n) is 11.0. The van der Waals surface area contributed by atoms with Crippen molar-refractivity contribution in [1.82, 2.24) is 5.32 Å². The van der Waals surface area contributed by atoms with Crippen LogP contribution < -0.4 is 10.1 Å². The first-order chi connectivity index (χ1) is 8.09. The third kappa shape index (κ3) is 4.75. The van der Waals surface area contributed by atoms with Gasteiger partial charge in [0.25, 0.3) is 0 Å². The first-order valence-corrected chi connectivity index (χ1v) is 6.02. The molecule has 0 saturated heterocycles. The Hall–Kier alpha value is -1.06. The maximum atomic E-state index is 9.13. The smallest absolute Gasteiger partial charge is 0.122 e. The Morgan fingerprint density at radius 2 is 2.00 bits per heavy atom. The molecule has 2 N–H and O–H groups in total. The molecule has 0 unspecified atom stereocenters. The number of benzene rings is 1. The quantitative estimate of drug-likeness (QED) is 0.711. The van der Waals surface area contributed by atoms with Crippen molar-refractivity contribution in [2.45, 2.75) is 20.3 Å².